The molecule has 1 amide bonds. The summed E-state index contributed by atoms with van der Waals surface area (Å²) in [5.74, 6) is -1.39. The van der Waals surface area contributed by atoms with Crippen LogP contribution in [0.3, 0.4) is 0 Å². The number of methoxy groups -OCH3 is 1. The maximum atomic E-state index is 11.8. The third kappa shape index (κ3) is 8.41. The number of esters is 1. The molecule has 0 aromatic heterocycles. The van der Waals surface area contributed by atoms with Gasteiger partial charge in [-0.3, -0.25) is 9.59 Å². The normalized spacial score (nSPS) is 13.6. The smallest absolute Gasteiger partial charge is 0.328 e. The average molecular weight is 303 g/mol. The highest BCUT2D eigenvalue weighted by molar-refractivity contribution is 5.84. The van der Waals surface area contributed by atoms with E-state index >= 15 is 0 Å². The molecule has 0 aliphatic heterocycles. The first-order valence-electron chi connectivity index (χ1n) is 6.99. The van der Waals surface area contributed by atoms with Gasteiger partial charge in [-0.2, -0.15) is 0 Å². The molecule has 0 spiro atoms. The first-order chi connectivity index (χ1) is 9.81. The van der Waals surface area contributed by atoms with Crippen LogP contribution < -0.4 is 5.32 Å². The topological polar surface area (TPSA) is 113 Å². The van der Waals surface area contributed by atoms with Crippen molar-refractivity contribution in [2.45, 2.75) is 51.7 Å². The van der Waals surface area contributed by atoms with Crippen LogP contribution in [0, 0.1) is 5.92 Å². The van der Waals surface area contributed by atoms with E-state index in [9.17, 15) is 19.5 Å². The lowest BCUT2D eigenvalue weighted by Gasteiger charge is -2.20. The van der Waals surface area contributed by atoms with Crippen molar-refractivity contribution in [3.05, 3.63) is 0 Å². The van der Waals surface area contributed by atoms with Crippen LogP contribution >= 0.6 is 0 Å². The molecule has 7 nitrogen and oxygen atoms in total. The van der Waals surface area contributed by atoms with Gasteiger partial charge in [0.1, 0.15) is 12.6 Å². The SMILES string of the molecule is COC(=O)[C@H](NC(=O)CC(O)CCCC(=O)CO)C(C)C. The quantitative estimate of drug-likeness (QED) is 0.481. The number of rotatable bonds is 10. The number of Topliss-reactive ketones (excluding diaryl/α,β-unsaturated/α-hetero) is 1. The highest BCUT2D eigenvalue weighted by Crippen LogP contribution is 2.08. The second kappa shape index (κ2) is 10.3. The van der Waals surface area contributed by atoms with Crippen molar-refractivity contribution in [1.82, 2.24) is 5.32 Å². The largest absolute Gasteiger partial charge is 0.467 e. The Balaban J connectivity index is 4.16. The highest BCUT2D eigenvalue weighted by atomic mass is 16.5. The van der Waals surface area contributed by atoms with E-state index in [1.807, 2.05) is 0 Å². The summed E-state index contributed by atoms with van der Waals surface area (Å²) in [5.41, 5.74) is 0. The van der Waals surface area contributed by atoms with Gasteiger partial charge in [0.2, 0.25) is 5.91 Å². The summed E-state index contributed by atoms with van der Waals surface area (Å²) in [5, 5.41) is 20.8. The lowest BCUT2D eigenvalue weighted by atomic mass is 10.0. The number of hydrogen-bond donors (Lipinski definition) is 3. The fraction of sp³-hybridized carbons (Fsp3) is 0.786. The summed E-state index contributed by atoms with van der Waals surface area (Å²) in [4.78, 5) is 34.1. The van der Waals surface area contributed by atoms with Gasteiger partial charge in [0.25, 0.3) is 0 Å². The van der Waals surface area contributed by atoms with Gasteiger partial charge in [0, 0.05) is 6.42 Å². The van der Waals surface area contributed by atoms with E-state index in [1.165, 1.54) is 7.11 Å². The molecule has 21 heavy (non-hydrogen) atoms. The van der Waals surface area contributed by atoms with Gasteiger partial charge in [0.15, 0.2) is 5.78 Å². The minimum absolute atomic E-state index is 0.124. The van der Waals surface area contributed by atoms with Crippen LogP contribution in [0.2, 0.25) is 0 Å². The minimum Gasteiger partial charge on any atom is -0.467 e. The van der Waals surface area contributed by atoms with Crippen LogP contribution in [-0.2, 0) is 19.1 Å². The zero-order valence-electron chi connectivity index (χ0n) is 12.8. The number of aliphatic hydroxyl groups excluding tert-OH is 2. The molecular formula is C14H25NO6. The number of carbonyl (C=O) groups is 3. The molecular weight excluding hydrogens is 278 g/mol. The monoisotopic (exact) mass is 303 g/mol. The Hall–Kier alpha value is -1.47. The van der Waals surface area contributed by atoms with Crippen molar-refractivity contribution in [2.75, 3.05) is 13.7 Å². The molecule has 0 fully saturated rings. The zero-order valence-corrected chi connectivity index (χ0v) is 12.8. The molecule has 0 saturated heterocycles. The minimum atomic E-state index is -0.887. The van der Waals surface area contributed by atoms with E-state index in [1.54, 1.807) is 13.8 Å². The second-order valence-corrected chi connectivity index (χ2v) is 5.26. The number of nitrogens with one attached hydrogen (secondary N) is 1. The second-order valence-electron chi connectivity index (χ2n) is 5.26. The summed E-state index contributed by atoms with van der Waals surface area (Å²) in [7, 11) is 1.25. The number of aliphatic hydroxyl groups is 2. The van der Waals surface area contributed by atoms with E-state index < -0.39 is 30.6 Å². The van der Waals surface area contributed by atoms with E-state index in [4.69, 9.17) is 5.11 Å². The van der Waals surface area contributed by atoms with Crippen molar-refractivity contribution in [1.29, 1.82) is 0 Å². The predicted octanol–water partition coefficient (Wildman–Crippen LogP) is -0.217. The van der Waals surface area contributed by atoms with Crippen LogP contribution in [0.25, 0.3) is 0 Å². The first kappa shape index (κ1) is 19.5. The number of hydrogen-bond acceptors (Lipinski definition) is 6. The molecule has 0 aliphatic rings. The number of amides is 1. The number of ether oxygens (including phenoxy) is 1. The van der Waals surface area contributed by atoms with Crippen LogP contribution in [0.15, 0.2) is 0 Å². The average Bonchev–Trinajstić information content (AvgIpc) is 2.43. The zero-order chi connectivity index (χ0) is 16.4. The van der Waals surface area contributed by atoms with Crippen molar-refractivity contribution >= 4 is 17.7 Å². The van der Waals surface area contributed by atoms with Crippen LogP contribution in [0.4, 0.5) is 0 Å². The Labute approximate surface area is 124 Å². The molecule has 0 bridgehead atoms. The number of carbonyl (C=O) groups excluding carboxylic acids is 3. The maximum Gasteiger partial charge on any atom is 0.328 e. The van der Waals surface area contributed by atoms with E-state index in [2.05, 4.69) is 10.1 Å². The van der Waals surface area contributed by atoms with Gasteiger partial charge < -0.3 is 20.3 Å². The van der Waals surface area contributed by atoms with Crippen LogP contribution in [-0.4, -0.2) is 53.7 Å². The van der Waals surface area contributed by atoms with Crippen LogP contribution in [0.1, 0.15) is 39.5 Å². The molecule has 0 heterocycles. The fourth-order valence-electron chi connectivity index (χ4n) is 1.79. The highest BCUT2D eigenvalue weighted by Gasteiger charge is 2.25. The molecule has 0 rings (SSSR count). The van der Waals surface area contributed by atoms with E-state index in [0.29, 0.717) is 6.42 Å². The number of ketones is 1. The van der Waals surface area contributed by atoms with Gasteiger partial charge >= 0.3 is 5.97 Å². The lowest BCUT2D eigenvalue weighted by Crippen LogP contribution is -2.45. The van der Waals surface area contributed by atoms with Crippen LogP contribution in [0.5, 0.6) is 0 Å². The summed E-state index contributed by atoms with van der Waals surface area (Å²) in [6, 6.07) is -0.745. The summed E-state index contributed by atoms with van der Waals surface area (Å²) in [6.07, 6.45) is -0.177. The lowest BCUT2D eigenvalue weighted by molar-refractivity contribution is -0.146. The molecule has 0 saturated carbocycles. The summed E-state index contributed by atoms with van der Waals surface area (Å²) >= 11 is 0. The molecule has 122 valence electrons. The first-order valence-corrected chi connectivity index (χ1v) is 6.99. The Morgan fingerprint density at radius 2 is 1.86 bits per heavy atom. The molecule has 0 radical (unpaired) electrons. The van der Waals surface area contributed by atoms with Gasteiger partial charge in [-0.25, -0.2) is 4.79 Å². The Kier molecular flexibility index (Phi) is 9.56. The Morgan fingerprint density at radius 3 is 2.33 bits per heavy atom. The molecule has 2 atom stereocenters. The summed E-state index contributed by atoms with van der Waals surface area (Å²) in [6.45, 7) is 3.05. The summed E-state index contributed by atoms with van der Waals surface area (Å²) < 4.78 is 4.61. The van der Waals surface area contributed by atoms with Gasteiger partial charge in [-0.1, -0.05) is 13.8 Å². The van der Waals surface area contributed by atoms with Gasteiger partial charge in [0.05, 0.1) is 19.6 Å². The predicted molar refractivity (Wildman–Crippen MR) is 75.4 cm³/mol. The Morgan fingerprint density at radius 1 is 1.24 bits per heavy atom. The Bertz CT molecular complexity index is 355. The molecule has 0 aliphatic carbocycles. The van der Waals surface area contributed by atoms with Crippen molar-refractivity contribution in [3.8, 4) is 0 Å². The third-order valence-corrected chi connectivity index (χ3v) is 3.03. The van der Waals surface area contributed by atoms with Crippen molar-refractivity contribution in [3.63, 3.8) is 0 Å². The fourth-order valence-corrected chi connectivity index (χ4v) is 1.79. The van der Waals surface area contributed by atoms with Crippen molar-refractivity contribution in [2.24, 2.45) is 5.92 Å². The molecule has 1 unspecified atom stereocenters. The molecule has 0 aromatic carbocycles. The molecule has 0 aromatic rings. The third-order valence-electron chi connectivity index (χ3n) is 3.03. The molecule has 3 N–H and O–H groups in total. The standard InChI is InChI=1S/C14H25NO6/c1-9(2)13(14(20)21-3)15-12(19)7-10(17)5-4-6-11(18)8-16/h9-10,13,16-17H,4-8H2,1-3H3,(H,15,19)/t10?,13-/m1/s1. The van der Waals surface area contributed by atoms with Gasteiger partial charge in [-0.15, -0.1) is 0 Å². The molecule has 7 heteroatoms. The van der Waals surface area contributed by atoms with Crippen molar-refractivity contribution < 1.29 is 29.3 Å². The van der Waals surface area contributed by atoms with E-state index in [0.717, 1.165) is 0 Å². The van der Waals surface area contributed by atoms with Gasteiger partial charge in [-0.05, 0) is 18.8 Å². The maximum absolute atomic E-state index is 11.8. The van der Waals surface area contributed by atoms with E-state index in [-0.39, 0.29) is 31.0 Å².